The van der Waals surface area contributed by atoms with Crippen LogP contribution in [-0.4, -0.2) is 44.0 Å². The number of anilines is 1. The quantitative estimate of drug-likeness (QED) is 0.659. The monoisotopic (exact) mass is 282 g/mol. The molecular weight excluding hydrogens is 264 g/mol. The summed E-state index contributed by atoms with van der Waals surface area (Å²) in [7, 11) is 1.37. The van der Waals surface area contributed by atoms with E-state index in [2.05, 4.69) is 10.6 Å². The molecular formula is C13H18N2O5. The average Bonchev–Trinajstić information content (AvgIpc) is 2.43. The van der Waals surface area contributed by atoms with Crippen LogP contribution in [0.2, 0.25) is 0 Å². The number of carboxylic acid groups (broad SMARTS) is 1. The Morgan fingerprint density at radius 2 is 2.10 bits per heavy atom. The van der Waals surface area contributed by atoms with E-state index in [-0.39, 0.29) is 11.3 Å². The number of hydrogen-bond acceptors (Lipinski definition) is 4. The van der Waals surface area contributed by atoms with Gasteiger partial charge in [-0.2, -0.15) is 0 Å². The summed E-state index contributed by atoms with van der Waals surface area (Å²) in [6, 6.07) is 3.92. The lowest BCUT2D eigenvalue weighted by molar-refractivity contribution is 0.0693. The molecule has 0 heterocycles. The third kappa shape index (κ3) is 4.77. The molecule has 0 unspecified atom stereocenters. The van der Waals surface area contributed by atoms with Crippen LogP contribution in [0.3, 0.4) is 0 Å². The van der Waals surface area contributed by atoms with Crippen molar-refractivity contribution in [3.05, 3.63) is 23.8 Å². The fraction of sp³-hybridized carbons (Fsp3) is 0.385. The fourth-order valence-electron chi connectivity index (χ4n) is 1.50. The Labute approximate surface area is 116 Å². The fourth-order valence-corrected chi connectivity index (χ4v) is 1.50. The summed E-state index contributed by atoms with van der Waals surface area (Å²) in [5, 5.41) is 14.1. The molecule has 20 heavy (non-hydrogen) atoms. The molecule has 0 atom stereocenters. The first kappa shape index (κ1) is 15.8. The van der Waals surface area contributed by atoms with Crippen LogP contribution in [0.4, 0.5) is 10.5 Å². The number of hydrogen-bond donors (Lipinski definition) is 3. The molecule has 2 amide bonds. The van der Waals surface area contributed by atoms with E-state index in [1.54, 1.807) is 0 Å². The van der Waals surface area contributed by atoms with Crippen LogP contribution in [0.1, 0.15) is 17.3 Å². The van der Waals surface area contributed by atoms with Gasteiger partial charge in [0, 0.05) is 24.9 Å². The van der Waals surface area contributed by atoms with Crippen molar-refractivity contribution in [2.75, 3.05) is 32.2 Å². The summed E-state index contributed by atoms with van der Waals surface area (Å²) in [6.07, 6.45) is 0. The van der Waals surface area contributed by atoms with Gasteiger partial charge in [-0.05, 0) is 19.1 Å². The zero-order valence-corrected chi connectivity index (χ0v) is 11.4. The highest BCUT2D eigenvalue weighted by atomic mass is 16.5. The number of nitrogens with one attached hydrogen (secondary N) is 2. The molecule has 0 aliphatic heterocycles. The number of carbonyl (C=O) groups is 2. The lowest BCUT2D eigenvalue weighted by Gasteiger charge is -2.10. The minimum absolute atomic E-state index is 0.0369. The second-order valence-corrected chi connectivity index (χ2v) is 3.80. The summed E-state index contributed by atoms with van der Waals surface area (Å²) < 4.78 is 10.1. The minimum atomic E-state index is -1.09. The molecule has 0 aliphatic rings. The molecule has 0 fully saturated rings. The highest BCUT2D eigenvalue weighted by molar-refractivity contribution is 5.94. The second-order valence-electron chi connectivity index (χ2n) is 3.80. The van der Waals surface area contributed by atoms with Crippen LogP contribution in [0.15, 0.2) is 18.2 Å². The predicted molar refractivity (Wildman–Crippen MR) is 73.5 cm³/mol. The van der Waals surface area contributed by atoms with Crippen molar-refractivity contribution in [1.29, 1.82) is 0 Å². The van der Waals surface area contributed by atoms with Gasteiger partial charge < -0.3 is 25.2 Å². The van der Waals surface area contributed by atoms with Crippen LogP contribution < -0.4 is 15.4 Å². The second kappa shape index (κ2) is 8.00. The Balaban J connectivity index is 2.59. The molecule has 3 N–H and O–H groups in total. The van der Waals surface area contributed by atoms with Crippen molar-refractivity contribution in [3.8, 4) is 5.75 Å². The van der Waals surface area contributed by atoms with Gasteiger partial charge in [0.25, 0.3) is 0 Å². The molecule has 0 aliphatic carbocycles. The molecule has 0 spiro atoms. The summed E-state index contributed by atoms with van der Waals surface area (Å²) in [6.45, 7) is 3.29. The normalized spacial score (nSPS) is 9.90. The number of aromatic carboxylic acids is 1. The van der Waals surface area contributed by atoms with E-state index in [9.17, 15) is 9.59 Å². The molecule has 0 saturated heterocycles. The molecule has 1 rings (SSSR count). The highest BCUT2D eigenvalue weighted by Crippen LogP contribution is 2.23. The van der Waals surface area contributed by atoms with Crippen molar-refractivity contribution in [2.45, 2.75) is 6.92 Å². The molecule has 1 aromatic carbocycles. The van der Waals surface area contributed by atoms with Crippen molar-refractivity contribution in [3.63, 3.8) is 0 Å². The maximum Gasteiger partial charge on any atom is 0.339 e. The van der Waals surface area contributed by atoms with Gasteiger partial charge in [-0.15, -0.1) is 0 Å². The molecule has 0 saturated carbocycles. The smallest absolute Gasteiger partial charge is 0.339 e. The summed E-state index contributed by atoms with van der Waals surface area (Å²) >= 11 is 0. The van der Waals surface area contributed by atoms with Crippen LogP contribution in [0.25, 0.3) is 0 Å². The SMILES string of the molecule is CCOCCNC(=O)Nc1ccc(C(=O)O)c(OC)c1. The van der Waals surface area contributed by atoms with Gasteiger partial charge in [0.2, 0.25) is 0 Å². The number of urea groups is 1. The minimum Gasteiger partial charge on any atom is -0.496 e. The Morgan fingerprint density at radius 1 is 1.35 bits per heavy atom. The van der Waals surface area contributed by atoms with Gasteiger partial charge in [0.15, 0.2) is 0 Å². The first-order valence-corrected chi connectivity index (χ1v) is 6.12. The Hall–Kier alpha value is -2.28. The number of carboxylic acids is 1. The predicted octanol–water partition coefficient (Wildman–Crippen LogP) is 1.55. The zero-order valence-electron chi connectivity index (χ0n) is 11.4. The van der Waals surface area contributed by atoms with E-state index in [0.29, 0.717) is 25.4 Å². The number of carbonyl (C=O) groups excluding carboxylic acids is 1. The lowest BCUT2D eigenvalue weighted by Crippen LogP contribution is -2.31. The van der Waals surface area contributed by atoms with Crippen molar-refractivity contribution >= 4 is 17.7 Å². The number of methoxy groups -OCH3 is 1. The van der Waals surface area contributed by atoms with Crippen LogP contribution in [-0.2, 0) is 4.74 Å². The van der Waals surface area contributed by atoms with E-state index >= 15 is 0 Å². The first-order chi connectivity index (χ1) is 9.58. The van der Waals surface area contributed by atoms with E-state index in [4.69, 9.17) is 14.6 Å². The Kier molecular flexibility index (Phi) is 6.31. The number of ether oxygens (including phenoxy) is 2. The molecule has 7 heteroatoms. The van der Waals surface area contributed by atoms with Crippen molar-refractivity contribution in [1.82, 2.24) is 5.32 Å². The molecule has 1 aromatic rings. The maximum atomic E-state index is 11.6. The number of amides is 2. The van der Waals surface area contributed by atoms with Crippen molar-refractivity contribution in [2.24, 2.45) is 0 Å². The summed E-state index contributed by atoms with van der Waals surface area (Å²) in [5.41, 5.74) is 0.482. The third-order valence-electron chi connectivity index (χ3n) is 2.43. The molecule has 0 bridgehead atoms. The Bertz CT molecular complexity index is 476. The van der Waals surface area contributed by atoms with Gasteiger partial charge in [-0.1, -0.05) is 0 Å². The molecule has 0 aromatic heterocycles. The van der Waals surface area contributed by atoms with E-state index in [1.165, 1.54) is 25.3 Å². The van der Waals surface area contributed by atoms with Gasteiger partial charge in [-0.3, -0.25) is 0 Å². The third-order valence-corrected chi connectivity index (χ3v) is 2.43. The molecule has 110 valence electrons. The van der Waals surface area contributed by atoms with Crippen LogP contribution in [0, 0.1) is 0 Å². The van der Waals surface area contributed by atoms with Crippen LogP contribution >= 0.6 is 0 Å². The standard InChI is InChI=1S/C13H18N2O5/c1-3-20-7-6-14-13(18)15-9-4-5-10(12(16)17)11(8-9)19-2/h4-5,8H,3,6-7H2,1-2H3,(H,16,17)(H2,14,15,18). The Morgan fingerprint density at radius 3 is 2.70 bits per heavy atom. The first-order valence-electron chi connectivity index (χ1n) is 6.12. The van der Waals surface area contributed by atoms with Gasteiger partial charge in [0.1, 0.15) is 11.3 Å². The van der Waals surface area contributed by atoms with E-state index < -0.39 is 12.0 Å². The van der Waals surface area contributed by atoms with Crippen LogP contribution in [0.5, 0.6) is 5.75 Å². The van der Waals surface area contributed by atoms with E-state index in [1.807, 2.05) is 6.92 Å². The average molecular weight is 282 g/mol. The molecule has 0 radical (unpaired) electrons. The topological polar surface area (TPSA) is 96.9 Å². The van der Waals surface area contributed by atoms with Gasteiger partial charge in [0.05, 0.1) is 13.7 Å². The largest absolute Gasteiger partial charge is 0.496 e. The van der Waals surface area contributed by atoms with E-state index in [0.717, 1.165) is 0 Å². The lowest BCUT2D eigenvalue weighted by atomic mass is 10.2. The number of benzene rings is 1. The maximum absolute atomic E-state index is 11.6. The number of rotatable bonds is 7. The zero-order chi connectivity index (χ0) is 15.0. The van der Waals surface area contributed by atoms with Gasteiger partial charge >= 0.3 is 12.0 Å². The van der Waals surface area contributed by atoms with Crippen molar-refractivity contribution < 1.29 is 24.2 Å². The summed E-state index contributed by atoms with van der Waals surface area (Å²) in [5.74, 6) is -0.904. The summed E-state index contributed by atoms with van der Waals surface area (Å²) in [4.78, 5) is 22.5. The van der Waals surface area contributed by atoms with Gasteiger partial charge in [-0.25, -0.2) is 9.59 Å². The molecule has 7 nitrogen and oxygen atoms in total. The highest BCUT2D eigenvalue weighted by Gasteiger charge is 2.12.